The normalized spacial score (nSPS) is 12.0. The summed E-state index contributed by atoms with van der Waals surface area (Å²) in [6.07, 6.45) is 11.0. The highest BCUT2D eigenvalue weighted by atomic mass is 35.6. The van der Waals surface area contributed by atoms with Crippen LogP contribution in [-0.2, 0) is 0 Å². The van der Waals surface area contributed by atoms with E-state index < -0.39 is 7.38 Å². The second kappa shape index (κ2) is 10.6. The van der Waals surface area contributed by atoms with E-state index in [4.69, 9.17) is 11.1 Å². The Morgan fingerprint density at radius 2 is 1.12 bits per heavy atom. The van der Waals surface area contributed by atoms with Crippen LogP contribution in [0.5, 0.6) is 0 Å². The monoisotopic (exact) mass is 262 g/mol. The Morgan fingerprint density at radius 3 is 1.62 bits per heavy atom. The predicted octanol–water partition coefficient (Wildman–Crippen LogP) is 6.35. The van der Waals surface area contributed by atoms with E-state index in [9.17, 15) is 0 Å². The van der Waals surface area contributed by atoms with Gasteiger partial charge in [-0.25, -0.2) is 0 Å². The number of unbranched alkanes of at least 4 members (excludes halogenated alkanes) is 5. The van der Waals surface area contributed by atoms with Crippen LogP contribution in [0.1, 0.15) is 72.1 Å². The average Bonchev–Trinajstić information content (AvgIpc) is 2.24. The SMILES string of the molecule is CCCCCCCC[Si](Cl)(CCC)CCC. The summed E-state index contributed by atoms with van der Waals surface area (Å²) in [7, 11) is -1.35. The van der Waals surface area contributed by atoms with Crippen molar-refractivity contribution in [3.63, 3.8) is 0 Å². The molecule has 0 unspecified atom stereocenters. The molecule has 0 aromatic rings. The van der Waals surface area contributed by atoms with Crippen molar-refractivity contribution >= 4 is 18.5 Å². The van der Waals surface area contributed by atoms with Gasteiger partial charge < -0.3 is 0 Å². The molecule has 0 aliphatic rings. The average molecular weight is 263 g/mol. The first-order valence-corrected chi connectivity index (χ1v) is 11.0. The van der Waals surface area contributed by atoms with Gasteiger partial charge in [0.25, 0.3) is 0 Å². The molecule has 0 nitrogen and oxygen atoms in total. The fourth-order valence-corrected chi connectivity index (χ4v) is 7.45. The number of hydrogen-bond donors (Lipinski definition) is 0. The molecule has 0 aliphatic carbocycles. The molecule has 98 valence electrons. The molecule has 0 aromatic heterocycles. The van der Waals surface area contributed by atoms with Gasteiger partial charge in [0.15, 0.2) is 7.38 Å². The quantitative estimate of drug-likeness (QED) is 0.231. The second-order valence-corrected chi connectivity index (χ2v) is 11.4. The van der Waals surface area contributed by atoms with Gasteiger partial charge in [-0.15, -0.1) is 0 Å². The highest BCUT2D eigenvalue weighted by Crippen LogP contribution is 2.30. The maximum absolute atomic E-state index is 6.82. The van der Waals surface area contributed by atoms with Crippen molar-refractivity contribution in [2.24, 2.45) is 0 Å². The van der Waals surface area contributed by atoms with E-state index in [1.807, 2.05) is 0 Å². The molecule has 0 bridgehead atoms. The van der Waals surface area contributed by atoms with Crippen molar-refractivity contribution in [2.45, 2.75) is 90.3 Å². The molecular formula is C14H31ClSi. The van der Waals surface area contributed by atoms with E-state index in [0.717, 1.165) is 0 Å². The van der Waals surface area contributed by atoms with Crippen LogP contribution in [0.25, 0.3) is 0 Å². The van der Waals surface area contributed by atoms with Crippen LogP contribution in [0.15, 0.2) is 0 Å². The molecule has 0 fully saturated rings. The lowest BCUT2D eigenvalue weighted by Gasteiger charge is -2.23. The lowest BCUT2D eigenvalue weighted by Crippen LogP contribution is -2.25. The summed E-state index contributed by atoms with van der Waals surface area (Å²) in [6, 6.07) is 4.02. The lowest BCUT2D eigenvalue weighted by atomic mass is 10.1. The van der Waals surface area contributed by atoms with Gasteiger partial charge in [-0.2, -0.15) is 11.1 Å². The number of halogens is 1. The summed E-state index contributed by atoms with van der Waals surface area (Å²) in [5, 5.41) is 0. The maximum atomic E-state index is 6.82. The molecule has 0 radical (unpaired) electrons. The molecule has 0 saturated carbocycles. The smallest absolute Gasteiger partial charge is 0.156 e. The molecule has 0 saturated heterocycles. The predicted molar refractivity (Wildman–Crippen MR) is 80.0 cm³/mol. The van der Waals surface area contributed by atoms with E-state index >= 15 is 0 Å². The molecule has 0 atom stereocenters. The Kier molecular flexibility index (Phi) is 11.0. The molecule has 0 aliphatic heterocycles. The van der Waals surface area contributed by atoms with E-state index in [0.29, 0.717) is 0 Å². The van der Waals surface area contributed by atoms with Crippen molar-refractivity contribution < 1.29 is 0 Å². The van der Waals surface area contributed by atoms with Crippen molar-refractivity contribution in [1.82, 2.24) is 0 Å². The fraction of sp³-hybridized carbons (Fsp3) is 1.00. The third-order valence-corrected chi connectivity index (χ3v) is 9.12. The largest absolute Gasteiger partial charge is 0.167 e. The molecule has 16 heavy (non-hydrogen) atoms. The van der Waals surface area contributed by atoms with Crippen LogP contribution in [0.3, 0.4) is 0 Å². The Hall–Kier alpha value is 0.507. The van der Waals surface area contributed by atoms with Crippen LogP contribution >= 0.6 is 11.1 Å². The van der Waals surface area contributed by atoms with Gasteiger partial charge in [0.2, 0.25) is 0 Å². The number of hydrogen-bond acceptors (Lipinski definition) is 0. The minimum Gasteiger partial charge on any atom is -0.167 e. The summed E-state index contributed by atoms with van der Waals surface area (Å²) in [6.45, 7) is 6.83. The van der Waals surface area contributed by atoms with Gasteiger partial charge in [0.1, 0.15) is 0 Å². The van der Waals surface area contributed by atoms with Crippen LogP contribution in [0.2, 0.25) is 18.1 Å². The van der Waals surface area contributed by atoms with E-state index in [-0.39, 0.29) is 0 Å². The zero-order chi connectivity index (χ0) is 12.3. The van der Waals surface area contributed by atoms with E-state index in [2.05, 4.69) is 20.8 Å². The molecule has 0 aromatic carbocycles. The first-order valence-electron chi connectivity index (χ1n) is 7.37. The Morgan fingerprint density at radius 1 is 0.625 bits per heavy atom. The van der Waals surface area contributed by atoms with Gasteiger partial charge in [-0.05, 0) is 18.1 Å². The van der Waals surface area contributed by atoms with Gasteiger partial charge in [-0.1, -0.05) is 72.1 Å². The van der Waals surface area contributed by atoms with Gasteiger partial charge in [-0.3, -0.25) is 0 Å². The van der Waals surface area contributed by atoms with Gasteiger partial charge in [0.05, 0.1) is 0 Å². The molecule has 2 heteroatoms. The highest BCUT2D eigenvalue weighted by Gasteiger charge is 2.27. The first kappa shape index (κ1) is 16.5. The summed E-state index contributed by atoms with van der Waals surface area (Å²) >= 11 is 6.82. The summed E-state index contributed by atoms with van der Waals surface area (Å²) in [5.41, 5.74) is 0. The van der Waals surface area contributed by atoms with Crippen molar-refractivity contribution in [1.29, 1.82) is 0 Å². The Balaban J connectivity index is 3.59. The van der Waals surface area contributed by atoms with Crippen molar-refractivity contribution in [3.05, 3.63) is 0 Å². The molecule has 0 amide bonds. The molecule has 0 rings (SSSR count). The molecule has 0 spiro atoms. The zero-order valence-electron chi connectivity index (χ0n) is 11.7. The van der Waals surface area contributed by atoms with E-state index in [1.165, 1.54) is 69.5 Å². The Bertz CT molecular complexity index is 142. The first-order chi connectivity index (χ1) is 7.68. The minimum absolute atomic E-state index is 1.28. The zero-order valence-corrected chi connectivity index (χ0v) is 13.4. The van der Waals surface area contributed by atoms with Gasteiger partial charge >= 0.3 is 0 Å². The summed E-state index contributed by atoms with van der Waals surface area (Å²) < 4.78 is 0. The maximum Gasteiger partial charge on any atom is 0.156 e. The summed E-state index contributed by atoms with van der Waals surface area (Å²) in [5.74, 6) is 0. The topological polar surface area (TPSA) is 0 Å². The Labute approximate surface area is 109 Å². The highest BCUT2D eigenvalue weighted by molar-refractivity contribution is 7.20. The molecular weight excluding hydrogens is 232 g/mol. The summed E-state index contributed by atoms with van der Waals surface area (Å²) in [4.78, 5) is 0. The fourth-order valence-electron chi connectivity index (χ4n) is 2.49. The molecule has 0 N–H and O–H groups in total. The van der Waals surface area contributed by atoms with Crippen molar-refractivity contribution in [2.75, 3.05) is 0 Å². The third kappa shape index (κ3) is 8.64. The number of rotatable bonds is 11. The minimum atomic E-state index is -1.35. The van der Waals surface area contributed by atoms with Crippen molar-refractivity contribution in [3.8, 4) is 0 Å². The van der Waals surface area contributed by atoms with Crippen LogP contribution in [0.4, 0.5) is 0 Å². The van der Waals surface area contributed by atoms with Crippen LogP contribution in [0, 0.1) is 0 Å². The van der Waals surface area contributed by atoms with Crippen LogP contribution in [-0.4, -0.2) is 7.38 Å². The standard InChI is InChI=1S/C14H31ClSi/c1-4-7-8-9-10-11-14-16(15,12-5-2)13-6-3/h4-14H2,1-3H3. The molecule has 0 heterocycles. The van der Waals surface area contributed by atoms with Gasteiger partial charge in [0, 0.05) is 0 Å². The van der Waals surface area contributed by atoms with E-state index in [1.54, 1.807) is 0 Å². The van der Waals surface area contributed by atoms with Crippen LogP contribution < -0.4 is 0 Å². The third-order valence-electron chi connectivity index (χ3n) is 3.37. The second-order valence-electron chi connectivity index (χ2n) is 5.17. The lowest BCUT2D eigenvalue weighted by molar-refractivity contribution is 0.622.